The Morgan fingerprint density at radius 3 is 2.70 bits per heavy atom. The number of oxime groups is 1. The normalized spacial score (nSPS) is 22.0. The fourth-order valence-corrected chi connectivity index (χ4v) is 6.06. The monoisotopic (exact) mass is 682 g/mol. The molecule has 0 bridgehead atoms. The van der Waals surface area contributed by atoms with Crippen LogP contribution in [-0.4, -0.2) is 105 Å². The maximum Gasteiger partial charge on any atom is 0.351 e. The number of aliphatic carboxylic acids is 1. The van der Waals surface area contributed by atoms with Crippen molar-refractivity contribution >= 4 is 61.3 Å². The third-order valence-corrected chi connectivity index (χ3v) is 8.51. The Labute approximate surface area is 265 Å². The van der Waals surface area contributed by atoms with Gasteiger partial charge in [-0.3, -0.25) is 9.59 Å². The maximum atomic E-state index is 13.2. The molecule has 2 aliphatic heterocycles. The molecule has 46 heavy (non-hydrogen) atoms. The van der Waals surface area contributed by atoms with E-state index in [2.05, 4.69) is 25.1 Å². The topological polar surface area (TPSA) is 264 Å². The van der Waals surface area contributed by atoms with Gasteiger partial charge in [0, 0.05) is 24.5 Å². The number of carboxylic acids is 1. The second-order valence-electron chi connectivity index (χ2n) is 11.0. The molecule has 248 valence electrons. The summed E-state index contributed by atoms with van der Waals surface area (Å²) in [5.41, 5.74) is 4.42. The quantitative estimate of drug-likeness (QED) is 0.0338. The Bertz CT molecular complexity index is 1820. The minimum Gasteiger partial charge on any atom is -0.724 e. The van der Waals surface area contributed by atoms with Gasteiger partial charge in [0.15, 0.2) is 17.9 Å². The van der Waals surface area contributed by atoms with E-state index in [1.807, 2.05) is 22.6 Å². The van der Waals surface area contributed by atoms with Gasteiger partial charge in [-0.25, -0.2) is 18.2 Å². The lowest BCUT2D eigenvalue weighted by molar-refractivity contribution is -0.733. The molecule has 2 aliphatic rings. The molecule has 1 aromatic carbocycles. The molecule has 0 aliphatic carbocycles. The van der Waals surface area contributed by atoms with E-state index in [1.54, 1.807) is 18.2 Å². The lowest BCUT2D eigenvalue weighted by atomic mass is 9.84. The second-order valence-corrected chi connectivity index (χ2v) is 12.8. The largest absolute Gasteiger partial charge is 0.724 e. The van der Waals surface area contributed by atoms with Crippen molar-refractivity contribution in [2.75, 3.05) is 25.4 Å². The highest BCUT2D eigenvalue weighted by molar-refractivity contribution is 7.80. The van der Waals surface area contributed by atoms with Gasteiger partial charge in [-0.15, -0.1) is 16.0 Å². The van der Waals surface area contributed by atoms with Crippen molar-refractivity contribution in [1.82, 2.24) is 25.4 Å². The molecule has 2 aromatic heterocycles. The van der Waals surface area contributed by atoms with Gasteiger partial charge in [0.2, 0.25) is 15.9 Å². The summed E-state index contributed by atoms with van der Waals surface area (Å²) >= 11 is 0.947. The van der Waals surface area contributed by atoms with Gasteiger partial charge in [-0.1, -0.05) is 5.16 Å². The predicted octanol–water partition coefficient (Wildman–Crippen LogP) is -2.24. The molecule has 2 amide bonds. The Kier molecular flexibility index (Phi) is 8.90. The van der Waals surface area contributed by atoms with Crippen molar-refractivity contribution in [3.63, 3.8) is 0 Å². The smallest absolute Gasteiger partial charge is 0.351 e. The number of aliphatic hydroxyl groups excluding tert-OH is 1. The number of nitrogen functional groups attached to an aromatic ring is 1. The van der Waals surface area contributed by atoms with Crippen molar-refractivity contribution in [3.05, 3.63) is 35.5 Å². The molecule has 0 unspecified atom stereocenters. The first-order valence-corrected chi connectivity index (χ1v) is 15.8. The zero-order valence-corrected chi connectivity index (χ0v) is 26.1. The van der Waals surface area contributed by atoms with Crippen LogP contribution in [0.2, 0.25) is 0 Å². The zero-order valence-electron chi connectivity index (χ0n) is 24.5. The molecule has 5 rings (SSSR count). The van der Waals surface area contributed by atoms with Gasteiger partial charge in [0.1, 0.15) is 30.1 Å². The van der Waals surface area contributed by atoms with Crippen molar-refractivity contribution < 1.29 is 56.1 Å². The molecule has 0 radical (unpaired) electrons. The number of thiazole rings is 1. The molecule has 21 heteroatoms. The number of β-amino-alcohol motifs (C(OH)–C–C–N with tert-alkyl or cyclic N) is 1. The third kappa shape index (κ3) is 6.59. The average Bonchev–Trinajstić information content (AvgIpc) is 3.69. The number of nitrogens with zero attached hydrogens (tertiary/aromatic N) is 5. The number of β-lactam (4-membered cyclic amide) rings is 1. The van der Waals surface area contributed by atoms with Gasteiger partial charge < -0.3 is 40.7 Å². The molecule has 0 spiro atoms. The van der Waals surface area contributed by atoms with Crippen LogP contribution in [0, 0.1) is 0 Å². The average molecular weight is 683 g/mol. The van der Waals surface area contributed by atoms with Crippen LogP contribution in [0.5, 0.6) is 5.75 Å². The van der Waals surface area contributed by atoms with Crippen LogP contribution >= 0.6 is 11.3 Å². The number of ether oxygens (including phenoxy) is 1. The lowest BCUT2D eigenvalue weighted by Gasteiger charge is -2.51. The van der Waals surface area contributed by atoms with Gasteiger partial charge in [0.05, 0.1) is 23.2 Å². The van der Waals surface area contributed by atoms with Gasteiger partial charge in [0.25, 0.3) is 17.9 Å². The molecular weight excluding hydrogens is 652 g/mol. The van der Waals surface area contributed by atoms with E-state index in [0.717, 1.165) is 22.2 Å². The van der Waals surface area contributed by atoms with Crippen LogP contribution in [0.4, 0.5) is 5.13 Å². The standard InChI is InChI=1S/C25H30N8O11S2/c1-25(2)20(22(36)33(25)44-46(39,40)41)29-21(35)19(14-11-45-24(26)28-14)30-43-18(23(37)38)10-42-13-4-5-15-12(6-13)9-32(31(15)3)16-7-27-8-17(16)34/h4-6,9,11,16-18,20,27,34H,7-8,10H2,1-3H3,(H4-,26,28,29,35,37,38,39,40,41)/b30-19-/t16-,17+,18+,20-/m1/s1. The number of carboxylic acid groups (broad SMARTS) is 1. The number of aromatic nitrogens is 3. The van der Waals surface area contributed by atoms with E-state index in [9.17, 15) is 37.6 Å². The first-order chi connectivity index (χ1) is 21.6. The van der Waals surface area contributed by atoms with E-state index < -0.39 is 64.3 Å². The number of nitrogens with two attached hydrogens (primary N) is 1. The summed E-state index contributed by atoms with van der Waals surface area (Å²) in [7, 11) is -3.42. The number of hydrogen-bond acceptors (Lipinski definition) is 15. The van der Waals surface area contributed by atoms with E-state index in [0.29, 0.717) is 23.9 Å². The summed E-state index contributed by atoms with van der Waals surface area (Å²) in [6.07, 6.45) is -0.414. The number of carbonyl (C=O) groups is 3. The summed E-state index contributed by atoms with van der Waals surface area (Å²) in [5, 5.41) is 31.7. The van der Waals surface area contributed by atoms with Crippen LogP contribution in [-0.2, 0) is 41.0 Å². The minimum absolute atomic E-state index is 0.0465. The van der Waals surface area contributed by atoms with E-state index in [4.69, 9.17) is 15.3 Å². The fraction of sp³-hybridized carbons (Fsp3) is 0.440. The minimum atomic E-state index is -5.27. The SMILES string of the molecule is C[n+]1c2ccc(OC[C@H](O/N=C(\C(=O)N[C@@H]3C(=O)N(OS(=O)(=O)[O-])C3(C)C)c3csc(N)n3)C(=O)O)cc2cn1[C@@H]1CNC[C@@H]1O. The summed E-state index contributed by atoms with van der Waals surface area (Å²) in [4.78, 5) is 46.9. The van der Waals surface area contributed by atoms with Gasteiger partial charge in [-0.05, 0) is 26.0 Å². The number of rotatable bonds is 12. The molecule has 2 fully saturated rings. The lowest BCUT2D eigenvalue weighted by Crippen LogP contribution is -2.76. The maximum absolute atomic E-state index is 13.2. The molecule has 4 atom stereocenters. The Morgan fingerprint density at radius 1 is 1.37 bits per heavy atom. The highest BCUT2D eigenvalue weighted by atomic mass is 32.3. The highest BCUT2D eigenvalue weighted by Gasteiger charge is 2.57. The zero-order chi connectivity index (χ0) is 33.6. The predicted molar refractivity (Wildman–Crippen MR) is 156 cm³/mol. The number of aryl methyl sites for hydroxylation is 1. The van der Waals surface area contributed by atoms with E-state index >= 15 is 0 Å². The number of fused-ring (bicyclic) bond motifs is 1. The van der Waals surface area contributed by atoms with Crippen LogP contribution < -0.4 is 25.8 Å². The number of benzene rings is 1. The van der Waals surface area contributed by atoms with E-state index in [-0.39, 0.29) is 16.9 Å². The van der Waals surface area contributed by atoms with E-state index in [1.165, 1.54) is 19.2 Å². The van der Waals surface area contributed by atoms with Crippen molar-refractivity contribution in [3.8, 4) is 5.75 Å². The van der Waals surface area contributed by atoms with Crippen LogP contribution in [0.3, 0.4) is 0 Å². The van der Waals surface area contributed by atoms with Gasteiger partial charge >= 0.3 is 5.97 Å². The molecule has 19 nitrogen and oxygen atoms in total. The molecule has 6 N–H and O–H groups in total. The fourth-order valence-electron chi connectivity index (χ4n) is 5.07. The van der Waals surface area contributed by atoms with Gasteiger partial charge in [-0.2, -0.15) is 14.0 Å². The summed E-state index contributed by atoms with van der Waals surface area (Å²) in [6, 6.07) is 3.58. The van der Waals surface area contributed by atoms with Crippen LogP contribution in [0.25, 0.3) is 10.9 Å². The van der Waals surface area contributed by atoms with Crippen molar-refractivity contribution in [2.45, 2.75) is 43.7 Å². The third-order valence-electron chi connectivity index (χ3n) is 7.50. The number of nitrogens with one attached hydrogen (secondary N) is 2. The Balaban J connectivity index is 1.30. The van der Waals surface area contributed by atoms with Crippen LogP contribution in [0.1, 0.15) is 25.6 Å². The molecule has 0 saturated carbocycles. The highest BCUT2D eigenvalue weighted by Crippen LogP contribution is 2.33. The first-order valence-electron chi connectivity index (χ1n) is 13.6. The second kappa shape index (κ2) is 12.4. The number of carbonyl (C=O) groups excluding carboxylic acids is 2. The molecule has 3 aromatic rings. The number of anilines is 1. The first kappa shape index (κ1) is 33.0. The Hall–Kier alpha value is -4.41. The van der Waals surface area contributed by atoms with Crippen molar-refractivity contribution in [1.29, 1.82) is 0 Å². The number of aliphatic hydroxyl groups is 1. The molecule has 2 saturated heterocycles. The molecular formula is C25H30N8O11S2. The van der Waals surface area contributed by atoms with Crippen molar-refractivity contribution in [2.24, 2.45) is 12.2 Å². The summed E-state index contributed by atoms with van der Waals surface area (Å²) in [6.45, 7) is 3.21. The number of hydroxylamine groups is 2. The number of hydrogen-bond donors (Lipinski definition) is 5. The summed E-state index contributed by atoms with van der Waals surface area (Å²) < 4.78 is 46.6. The summed E-state index contributed by atoms with van der Waals surface area (Å²) in [5.74, 6) is -3.23. The number of amides is 2. The van der Waals surface area contributed by atoms with Crippen LogP contribution in [0.15, 0.2) is 34.9 Å². The Morgan fingerprint density at radius 2 is 2.11 bits per heavy atom. The molecule has 4 heterocycles.